The van der Waals surface area contributed by atoms with Gasteiger partial charge in [-0.3, -0.25) is 0 Å². The zero-order valence-corrected chi connectivity index (χ0v) is 10.3. The minimum Gasteiger partial charge on any atom is -0.486 e. The average Bonchev–Trinajstić information content (AvgIpc) is 2.36. The number of rotatable bonds is 3. The highest BCUT2D eigenvalue weighted by atomic mass is 19.4. The molecule has 4 nitrogen and oxygen atoms in total. The topological polar surface area (TPSA) is 50.7 Å². The van der Waals surface area contributed by atoms with E-state index in [0.29, 0.717) is 0 Å². The molecule has 0 spiro atoms. The average molecular weight is 277 g/mol. The molecule has 0 aliphatic carbocycles. The van der Waals surface area contributed by atoms with Gasteiger partial charge in [0.1, 0.15) is 13.2 Å². The molecule has 7 heteroatoms. The third kappa shape index (κ3) is 2.76. The highest BCUT2D eigenvalue weighted by Gasteiger charge is 2.38. The first-order valence-corrected chi connectivity index (χ1v) is 5.77. The maximum Gasteiger partial charge on any atom is 0.416 e. The summed E-state index contributed by atoms with van der Waals surface area (Å²) in [6.07, 6.45) is -5.88. The SMILES string of the molecule is CNCC(O)c1c(C(F)(F)F)ccc2c1OCCO2. The van der Waals surface area contributed by atoms with Crippen molar-refractivity contribution in [2.24, 2.45) is 0 Å². The predicted molar refractivity (Wildman–Crippen MR) is 61.3 cm³/mol. The standard InChI is InChI=1S/C12H14F3NO3/c1-16-6-8(17)10-7(12(13,14)15)2-3-9-11(10)19-5-4-18-9/h2-3,8,16-17H,4-6H2,1H3. The van der Waals surface area contributed by atoms with Gasteiger partial charge >= 0.3 is 6.18 Å². The van der Waals surface area contributed by atoms with Gasteiger partial charge in [0.25, 0.3) is 0 Å². The molecule has 1 atom stereocenters. The summed E-state index contributed by atoms with van der Waals surface area (Å²) in [7, 11) is 1.54. The minimum absolute atomic E-state index is 0.0110. The monoisotopic (exact) mass is 277 g/mol. The smallest absolute Gasteiger partial charge is 0.416 e. The number of likely N-dealkylation sites (N-methyl/N-ethyl adjacent to an activating group) is 1. The second kappa shape index (κ2) is 5.26. The first kappa shape index (κ1) is 14.0. The highest BCUT2D eigenvalue weighted by molar-refractivity contribution is 5.53. The van der Waals surface area contributed by atoms with Crippen LogP contribution < -0.4 is 14.8 Å². The van der Waals surface area contributed by atoms with Crippen molar-refractivity contribution in [2.75, 3.05) is 26.8 Å². The molecule has 0 bridgehead atoms. The Morgan fingerprint density at radius 1 is 1.32 bits per heavy atom. The number of hydrogen-bond acceptors (Lipinski definition) is 4. The number of aliphatic hydroxyl groups excluding tert-OH is 1. The number of ether oxygens (including phenoxy) is 2. The van der Waals surface area contributed by atoms with E-state index in [2.05, 4.69) is 5.32 Å². The molecule has 2 N–H and O–H groups in total. The number of fused-ring (bicyclic) bond motifs is 1. The molecule has 0 saturated carbocycles. The van der Waals surface area contributed by atoms with Crippen LogP contribution in [0.2, 0.25) is 0 Å². The summed E-state index contributed by atoms with van der Waals surface area (Å²) in [5.74, 6) is 0.202. The van der Waals surface area contributed by atoms with Gasteiger partial charge in [-0.25, -0.2) is 0 Å². The molecule has 1 aliphatic rings. The van der Waals surface area contributed by atoms with Crippen molar-refractivity contribution in [1.82, 2.24) is 5.32 Å². The van der Waals surface area contributed by atoms with Crippen molar-refractivity contribution < 1.29 is 27.8 Å². The van der Waals surface area contributed by atoms with Crippen molar-refractivity contribution in [1.29, 1.82) is 0 Å². The Morgan fingerprint density at radius 2 is 2.00 bits per heavy atom. The van der Waals surface area contributed by atoms with Gasteiger partial charge in [-0.1, -0.05) is 0 Å². The molecule has 106 valence electrons. The third-order valence-electron chi connectivity index (χ3n) is 2.78. The lowest BCUT2D eigenvalue weighted by molar-refractivity contribution is -0.139. The first-order valence-electron chi connectivity index (χ1n) is 5.77. The van der Waals surface area contributed by atoms with Gasteiger partial charge in [0.2, 0.25) is 0 Å². The second-order valence-corrected chi connectivity index (χ2v) is 4.12. The fourth-order valence-corrected chi connectivity index (χ4v) is 2.01. The molecule has 0 amide bonds. The van der Waals surface area contributed by atoms with Gasteiger partial charge in [0.15, 0.2) is 11.5 Å². The number of nitrogens with one attached hydrogen (secondary N) is 1. The molecular formula is C12H14F3NO3. The lowest BCUT2D eigenvalue weighted by Gasteiger charge is -2.26. The quantitative estimate of drug-likeness (QED) is 0.883. The van der Waals surface area contributed by atoms with E-state index >= 15 is 0 Å². The Kier molecular flexibility index (Phi) is 3.86. The number of aliphatic hydroxyl groups is 1. The van der Waals surface area contributed by atoms with Gasteiger partial charge in [0.05, 0.1) is 11.7 Å². The van der Waals surface area contributed by atoms with Crippen LogP contribution in [0.25, 0.3) is 0 Å². The van der Waals surface area contributed by atoms with Crippen LogP contribution in [-0.2, 0) is 6.18 Å². The zero-order chi connectivity index (χ0) is 14.0. The lowest BCUT2D eigenvalue weighted by atomic mass is 9.99. The van der Waals surface area contributed by atoms with Gasteiger partial charge in [0, 0.05) is 12.1 Å². The molecule has 1 aromatic carbocycles. The maximum atomic E-state index is 13.0. The highest BCUT2D eigenvalue weighted by Crippen LogP contribution is 2.44. The van der Waals surface area contributed by atoms with E-state index in [-0.39, 0.29) is 36.8 Å². The molecule has 1 unspecified atom stereocenters. The molecule has 0 fully saturated rings. The fourth-order valence-electron chi connectivity index (χ4n) is 2.01. The number of benzene rings is 1. The van der Waals surface area contributed by atoms with E-state index < -0.39 is 17.8 Å². The molecule has 0 radical (unpaired) electrons. The Morgan fingerprint density at radius 3 is 2.63 bits per heavy atom. The van der Waals surface area contributed by atoms with E-state index in [0.717, 1.165) is 6.07 Å². The summed E-state index contributed by atoms with van der Waals surface area (Å²) in [4.78, 5) is 0. The van der Waals surface area contributed by atoms with Crippen LogP contribution in [0.4, 0.5) is 13.2 Å². The number of halogens is 3. The summed E-state index contributed by atoms with van der Waals surface area (Å²) >= 11 is 0. The van der Waals surface area contributed by atoms with E-state index in [1.54, 1.807) is 7.05 Å². The molecular weight excluding hydrogens is 263 g/mol. The summed E-state index contributed by atoms with van der Waals surface area (Å²) < 4.78 is 49.5. The molecule has 2 rings (SSSR count). The van der Waals surface area contributed by atoms with Crippen molar-refractivity contribution in [3.05, 3.63) is 23.3 Å². The second-order valence-electron chi connectivity index (χ2n) is 4.12. The first-order chi connectivity index (χ1) is 8.95. The predicted octanol–water partition coefficient (Wildman–Crippen LogP) is 1.73. The Hall–Kier alpha value is -1.47. The van der Waals surface area contributed by atoms with Crippen LogP contribution >= 0.6 is 0 Å². The molecule has 1 aromatic rings. The zero-order valence-electron chi connectivity index (χ0n) is 10.3. The van der Waals surface area contributed by atoms with Gasteiger partial charge in [-0.05, 0) is 19.2 Å². The summed E-state index contributed by atoms with van der Waals surface area (Å²) in [6.45, 7) is 0.427. The molecule has 0 saturated heterocycles. The normalized spacial score (nSPS) is 16.3. The van der Waals surface area contributed by atoms with Crippen LogP contribution in [0.1, 0.15) is 17.2 Å². The summed E-state index contributed by atoms with van der Waals surface area (Å²) in [5, 5.41) is 12.6. The van der Waals surface area contributed by atoms with Crippen molar-refractivity contribution in [2.45, 2.75) is 12.3 Å². The van der Waals surface area contributed by atoms with E-state index in [1.807, 2.05) is 0 Å². The van der Waals surface area contributed by atoms with Crippen LogP contribution in [-0.4, -0.2) is 31.9 Å². The van der Waals surface area contributed by atoms with E-state index in [1.165, 1.54) is 6.07 Å². The number of hydrogen-bond donors (Lipinski definition) is 2. The summed E-state index contributed by atoms with van der Waals surface area (Å²) in [6, 6.07) is 2.12. The molecule has 0 aromatic heterocycles. The van der Waals surface area contributed by atoms with Crippen LogP contribution in [0.3, 0.4) is 0 Å². The van der Waals surface area contributed by atoms with Gasteiger partial charge in [-0.15, -0.1) is 0 Å². The largest absolute Gasteiger partial charge is 0.486 e. The third-order valence-corrected chi connectivity index (χ3v) is 2.78. The van der Waals surface area contributed by atoms with Crippen LogP contribution in [0.5, 0.6) is 11.5 Å². The summed E-state index contributed by atoms with van der Waals surface area (Å²) in [5.41, 5.74) is -1.18. The Bertz CT molecular complexity index is 462. The van der Waals surface area contributed by atoms with Gasteiger partial charge < -0.3 is 19.9 Å². The molecule has 1 heterocycles. The molecule has 19 heavy (non-hydrogen) atoms. The number of alkyl halides is 3. The minimum atomic E-state index is -4.56. The van der Waals surface area contributed by atoms with Crippen LogP contribution in [0, 0.1) is 0 Å². The van der Waals surface area contributed by atoms with Crippen molar-refractivity contribution in [3.63, 3.8) is 0 Å². The van der Waals surface area contributed by atoms with Crippen LogP contribution in [0.15, 0.2) is 12.1 Å². The van der Waals surface area contributed by atoms with Gasteiger partial charge in [-0.2, -0.15) is 13.2 Å². The van der Waals surface area contributed by atoms with Crippen molar-refractivity contribution in [3.8, 4) is 11.5 Å². The lowest BCUT2D eigenvalue weighted by Crippen LogP contribution is -2.24. The van der Waals surface area contributed by atoms with E-state index in [4.69, 9.17) is 9.47 Å². The maximum absolute atomic E-state index is 13.0. The fraction of sp³-hybridized carbons (Fsp3) is 0.500. The Balaban J connectivity index is 2.55. The van der Waals surface area contributed by atoms with E-state index in [9.17, 15) is 18.3 Å². The molecule has 1 aliphatic heterocycles. The van der Waals surface area contributed by atoms with Crippen molar-refractivity contribution >= 4 is 0 Å². The Labute approximate surface area is 108 Å².